The van der Waals surface area contributed by atoms with Gasteiger partial charge in [-0.25, -0.2) is 19.3 Å². The van der Waals surface area contributed by atoms with E-state index >= 15 is 0 Å². The second-order valence-corrected chi connectivity index (χ2v) is 6.23. The molecule has 2 aromatic heterocycles. The van der Waals surface area contributed by atoms with Gasteiger partial charge in [-0.15, -0.1) is 0 Å². The molecule has 0 saturated heterocycles. The number of pyridine rings is 1. The Morgan fingerprint density at radius 1 is 1.10 bits per heavy atom. The fraction of sp³-hybridized carbons (Fsp3) is 0.182. The molecule has 0 radical (unpaired) electrons. The van der Waals surface area contributed by atoms with Crippen LogP contribution in [0.25, 0.3) is 0 Å². The molecule has 0 saturated carbocycles. The third-order valence-electron chi connectivity index (χ3n) is 4.08. The molecule has 0 aliphatic heterocycles. The van der Waals surface area contributed by atoms with Crippen LogP contribution in [0.4, 0.5) is 15.9 Å². The molecule has 0 aliphatic carbocycles. The number of hydrogen-bond acceptors (Lipinski definition) is 7. The summed E-state index contributed by atoms with van der Waals surface area (Å²) in [5.74, 6) is 5.23. The van der Waals surface area contributed by atoms with Gasteiger partial charge >= 0.3 is 0 Å². The second kappa shape index (κ2) is 10.5. The van der Waals surface area contributed by atoms with E-state index < -0.39 is 6.67 Å². The van der Waals surface area contributed by atoms with Crippen molar-refractivity contribution >= 4 is 17.3 Å². The Morgan fingerprint density at radius 3 is 2.73 bits per heavy atom. The number of benzene rings is 1. The molecule has 8 heteroatoms. The number of nitrogen functional groups attached to an aromatic ring is 1. The van der Waals surface area contributed by atoms with E-state index in [-0.39, 0.29) is 30.4 Å². The number of carbonyl (C=O) groups is 1. The summed E-state index contributed by atoms with van der Waals surface area (Å²) in [5.41, 5.74) is 8.70. The number of rotatable bonds is 8. The number of anilines is 2. The minimum atomic E-state index is -0.725. The van der Waals surface area contributed by atoms with Crippen LogP contribution in [0, 0.1) is 11.8 Å². The molecule has 0 bridgehead atoms. The number of halogens is 1. The van der Waals surface area contributed by atoms with Crippen molar-refractivity contribution in [2.75, 3.05) is 24.3 Å². The summed E-state index contributed by atoms with van der Waals surface area (Å²) < 4.78 is 17.1. The van der Waals surface area contributed by atoms with Gasteiger partial charge in [0.1, 0.15) is 18.2 Å². The Kier molecular flexibility index (Phi) is 7.28. The molecule has 3 aromatic rings. The monoisotopic (exact) mass is 405 g/mol. The highest BCUT2D eigenvalue weighted by Crippen LogP contribution is 2.16. The zero-order valence-corrected chi connectivity index (χ0v) is 16.1. The average molecular weight is 405 g/mol. The maximum Gasteiger partial charge on any atom is 0.233 e. The average Bonchev–Trinajstić information content (AvgIpc) is 2.77. The second-order valence-electron chi connectivity index (χ2n) is 6.23. The lowest BCUT2D eigenvalue weighted by Gasteiger charge is -2.09. The van der Waals surface area contributed by atoms with Crippen molar-refractivity contribution < 1.29 is 13.9 Å². The molecule has 3 N–H and O–H groups in total. The minimum absolute atomic E-state index is 0.0113. The normalized spacial score (nSPS) is 10.0. The number of carbonyl (C=O) groups excluding carboxylic acids is 1. The van der Waals surface area contributed by atoms with Crippen molar-refractivity contribution in [1.29, 1.82) is 0 Å². The van der Waals surface area contributed by atoms with Crippen molar-refractivity contribution in [3.63, 3.8) is 0 Å². The van der Waals surface area contributed by atoms with Crippen molar-refractivity contribution in [2.45, 2.75) is 13.0 Å². The molecule has 0 atom stereocenters. The van der Waals surface area contributed by atoms with Gasteiger partial charge in [0.25, 0.3) is 0 Å². The van der Waals surface area contributed by atoms with E-state index in [4.69, 9.17) is 10.5 Å². The van der Waals surface area contributed by atoms with Crippen LogP contribution in [0.5, 0.6) is 5.88 Å². The molecule has 152 valence electrons. The quantitative estimate of drug-likeness (QED) is 0.439. The lowest BCUT2D eigenvalue weighted by atomic mass is 10.0. The van der Waals surface area contributed by atoms with Gasteiger partial charge < -0.3 is 15.8 Å². The molecular formula is C22H20FN5O2. The van der Waals surface area contributed by atoms with Crippen LogP contribution < -0.4 is 15.8 Å². The number of hydrogen-bond donors (Lipinski definition) is 2. The summed E-state index contributed by atoms with van der Waals surface area (Å²) in [6.45, 7) is -0.163. The minimum Gasteiger partial charge on any atom is -0.463 e. The Morgan fingerprint density at radius 2 is 1.97 bits per heavy atom. The number of nitrogens with one attached hydrogen (secondary N) is 1. The van der Waals surface area contributed by atoms with Crippen molar-refractivity contribution in [1.82, 2.24) is 15.0 Å². The summed E-state index contributed by atoms with van der Waals surface area (Å²) in [6.07, 6.45) is 4.54. The zero-order valence-electron chi connectivity index (χ0n) is 16.1. The summed E-state index contributed by atoms with van der Waals surface area (Å²) in [5, 5.41) is 3.23. The number of nitrogens with two attached hydrogens (primary N) is 1. The molecule has 7 nitrogen and oxygen atoms in total. The number of aromatic nitrogens is 3. The number of Topliss-reactive ketones (excluding diaryl/α,β-unsaturated/α-hetero) is 1. The molecule has 1 aromatic carbocycles. The van der Waals surface area contributed by atoms with E-state index in [9.17, 15) is 9.18 Å². The van der Waals surface area contributed by atoms with E-state index in [0.717, 1.165) is 16.8 Å². The molecule has 3 rings (SSSR count). The lowest BCUT2D eigenvalue weighted by Crippen LogP contribution is -2.08. The number of ether oxygens (including phenoxy) is 1. The maximum atomic E-state index is 12.5. The first kappa shape index (κ1) is 20.7. The Balaban J connectivity index is 1.57. The van der Waals surface area contributed by atoms with Gasteiger partial charge in [0.15, 0.2) is 12.4 Å². The van der Waals surface area contributed by atoms with Crippen LogP contribution in [0.2, 0.25) is 0 Å². The molecule has 0 spiro atoms. The third-order valence-corrected chi connectivity index (χ3v) is 4.08. The van der Waals surface area contributed by atoms with Gasteiger partial charge in [0.05, 0.1) is 18.1 Å². The highest BCUT2D eigenvalue weighted by molar-refractivity contribution is 5.95. The summed E-state index contributed by atoms with van der Waals surface area (Å²) in [7, 11) is 0. The fourth-order valence-corrected chi connectivity index (χ4v) is 2.63. The van der Waals surface area contributed by atoms with Crippen LogP contribution in [0.1, 0.15) is 21.6 Å². The molecule has 0 fully saturated rings. The van der Waals surface area contributed by atoms with E-state index in [0.29, 0.717) is 12.4 Å². The van der Waals surface area contributed by atoms with Crippen LogP contribution in [0.15, 0.2) is 55.0 Å². The molecule has 2 heterocycles. The Labute approximate surface area is 173 Å². The van der Waals surface area contributed by atoms with Gasteiger partial charge in [-0.3, -0.25) is 4.79 Å². The Bertz CT molecular complexity index is 1060. The van der Waals surface area contributed by atoms with Crippen LogP contribution in [0.3, 0.4) is 0 Å². The van der Waals surface area contributed by atoms with Gasteiger partial charge in [-0.2, -0.15) is 0 Å². The SMILES string of the molecule is Nc1ncccc1NCc1cccc(CC(=O)c2cnc(OCC#CCF)cn2)c1. The number of ketones is 1. The highest BCUT2D eigenvalue weighted by atomic mass is 19.1. The number of alkyl halides is 1. The molecule has 0 unspecified atom stereocenters. The van der Waals surface area contributed by atoms with Crippen molar-refractivity contribution in [3.8, 4) is 17.7 Å². The first-order valence-electron chi connectivity index (χ1n) is 9.17. The van der Waals surface area contributed by atoms with Crippen molar-refractivity contribution in [2.24, 2.45) is 0 Å². The summed E-state index contributed by atoms with van der Waals surface area (Å²) in [4.78, 5) is 24.7. The topological polar surface area (TPSA) is 103 Å². The summed E-state index contributed by atoms with van der Waals surface area (Å²) in [6, 6.07) is 11.4. The van der Waals surface area contributed by atoms with E-state index in [2.05, 4.69) is 32.1 Å². The largest absolute Gasteiger partial charge is 0.463 e. The molecule has 30 heavy (non-hydrogen) atoms. The lowest BCUT2D eigenvalue weighted by molar-refractivity contribution is 0.0987. The maximum absolute atomic E-state index is 12.5. The van der Waals surface area contributed by atoms with Gasteiger partial charge in [0.2, 0.25) is 5.88 Å². The first-order valence-corrected chi connectivity index (χ1v) is 9.17. The van der Waals surface area contributed by atoms with Gasteiger partial charge in [-0.1, -0.05) is 36.1 Å². The standard InChI is InChI=1S/C22H20FN5O2/c23-8-1-2-10-30-21-15-27-19(14-28-21)20(29)12-16-5-3-6-17(11-16)13-26-18-7-4-9-25-22(18)24/h3-7,9,11,14-15,26H,8,10,12-13H2,(H2,24,25). The highest BCUT2D eigenvalue weighted by Gasteiger charge is 2.10. The van der Waals surface area contributed by atoms with E-state index in [1.54, 1.807) is 6.20 Å². The van der Waals surface area contributed by atoms with Crippen molar-refractivity contribution in [3.05, 3.63) is 71.8 Å². The molecule has 0 amide bonds. The van der Waals surface area contributed by atoms with Crippen LogP contribution in [-0.4, -0.2) is 34.0 Å². The Hall–Kier alpha value is -3.99. The predicted molar refractivity (Wildman–Crippen MR) is 112 cm³/mol. The van der Waals surface area contributed by atoms with E-state index in [1.165, 1.54) is 12.4 Å². The fourth-order valence-electron chi connectivity index (χ4n) is 2.63. The van der Waals surface area contributed by atoms with E-state index in [1.807, 2.05) is 36.4 Å². The zero-order chi connectivity index (χ0) is 21.2. The molecular weight excluding hydrogens is 385 g/mol. The first-order chi connectivity index (χ1) is 14.7. The smallest absolute Gasteiger partial charge is 0.233 e. The predicted octanol–water partition coefficient (Wildman–Crippen LogP) is 2.84. The van der Waals surface area contributed by atoms with Gasteiger partial charge in [-0.05, 0) is 23.3 Å². The third kappa shape index (κ3) is 6.01. The summed E-state index contributed by atoms with van der Waals surface area (Å²) >= 11 is 0. The number of nitrogens with zero attached hydrogens (tertiary/aromatic N) is 3. The van der Waals surface area contributed by atoms with Crippen LogP contribution in [-0.2, 0) is 13.0 Å². The molecule has 0 aliphatic rings. The van der Waals surface area contributed by atoms with Crippen LogP contribution >= 0.6 is 0 Å². The van der Waals surface area contributed by atoms with Gasteiger partial charge in [0, 0.05) is 19.2 Å².